The molecule has 1 aromatic rings. The molecule has 0 aromatic heterocycles. The van der Waals surface area contributed by atoms with Crippen molar-refractivity contribution in [1.29, 1.82) is 0 Å². The van der Waals surface area contributed by atoms with Gasteiger partial charge in [0.2, 0.25) is 0 Å². The van der Waals surface area contributed by atoms with Crippen LogP contribution in [0.4, 0.5) is 0 Å². The van der Waals surface area contributed by atoms with E-state index in [9.17, 15) is 4.79 Å². The number of hydrogen-bond donors (Lipinski definition) is 0. The summed E-state index contributed by atoms with van der Waals surface area (Å²) < 4.78 is 5.11. The molecule has 1 fully saturated rings. The van der Waals surface area contributed by atoms with Gasteiger partial charge in [0.1, 0.15) is 5.75 Å². The van der Waals surface area contributed by atoms with Gasteiger partial charge in [-0.1, -0.05) is 19.1 Å². The van der Waals surface area contributed by atoms with Gasteiger partial charge >= 0.3 is 0 Å². The second-order valence-corrected chi connectivity index (χ2v) is 4.59. The van der Waals surface area contributed by atoms with Gasteiger partial charge in [-0.05, 0) is 48.1 Å². The molecule has 0 amide bonds. The van der Waals surface area contributed by atoms with Crippen molar-refractivity contribution in [3.05, 3.63) is 35.4 Å². The van der Waals surface area contributed by atoms with Crippen LogP contribution in [0.2, 0.25) is 0 Å². The quantitative estimate of drug-likeness (QED) is 0.727. The lowest BCUT2D eigenvalue weighted by Crippen LogP contribution is -2.16. The van der Waals surface area contributed by atoms with Crippen LogP contribution in [-0.2, 0) is 4.79 Å². The van der Waals surface area contributed by atoms with Crippen LogP contribution in [0, 0.1) is 5.92 Å². The zero-order chi connectivity index (χ0) is 12.3. The highest BCUT2D eigenvalue weighted by Crippen LogP contribution is 2.28. The summed E-state index contributed by atoms with van der Waals surface area (Å²) in [6.45, 7) is 2.13. The van der Waals surface area contributed by atoms with Crippen molar-refractivity contribution in [2.75, 3.05) is 7.11 Å². The van der Waals surface area contributed by atoms with Crippen molar-refractivity contribution < 1.29 is 9.53 Å². The molecular formula is C15H18O2. The Morgan fingerprint density at radius 2 is 2.00 bits per heavy atom. The smallest absolute Gasteiger partial charge is 0.159 e. The first-order chi connectivity index (χ1) is 8.20. The molecule has 2 heteroatoms. The number of hydrogen-bond acceptors (Lipinski definition) is 2. The number of benzene rings is 1. The molecule has 90 valence electrons. The Labute approximate surface area is 102 Å². The highest BCUT2D eigenvalue weighted by Gasteiger charge is 2.21. The second kappa shape index (κ2) is 5.17. The summed E-state index contributed by atoms with van der Waals surface area (Å²) in [4.78, 5) is 11.8. The van der Waals surface area contributed by atoms with Gasteiger partial charge in [-0.25, -0.2) is 0 Å². The topological polar surface area (TPSA) is 26.3 Å². The van der Waals surface area contributed by atoms with Gasteiger partial charge in [0, 0.05) is 6.42 Å². The molecule has 2 nitrogen and oxygen atoms in total. The lowest BCUT2D eigenvalue weighted by Gasteiger charge is -2.20. The van der Waals surface area contributed by atoms with Gasteiger partial charge in [-0.3, -0.25) is 4.79 Å². The molecule has 0 radical (unpaired) electrons. The van der Waals surface area contributed by atoms with Crippen molar-refractivity contribution in [2.24, 2.45) is 5.92 Å². The Morgan fingerprint density at radius 1 is 1.29 bits per heavy atom. The maximum Gasteiger partial charge on any atom is 0.159 e. The monoisotopic (exact) mass is 230 g/mol. The zero-order valence-electron chi connectivity index (χ0n) is 10.4. The summed E-state index contributed by atoms with van der Waals surface area (Å²) in [5, 5.41) is 0. The molecule has 0 spiro atoms. The Hall–Kier alpha value is -1.57. The van der Waals surface area contributed by atoms with E-state index in [2.05, 4.69) is 6.92 Å². The van der Waals surface area contributed by atoms with Gasteiger partial charge in [0.25, 0.3) is 0 Å². The average molecular weight is 230 g/mol. The van der Waals surface area contributed by atoms with Crippen LogP contribution in [0.5, 0.6) is 5.75 Å². The summed E-state index contributed by atoms with van der Waals surface area (Å²) >= 11 is 0. The molecule has 1 aliphatic carbocycles. The number of rotatable bonds is 2. The van der Waals surface area contributed by atoms with Crippen molar-refractivity contribution in [3.8, 4) is 5.75 Å². The van der Waals surface area contributed by atoms with Crippen LogP contribution in [0.15, 0.2) is 29.8 Å². The molecule has 17 heavy (non-hydrogen) atoms. The van der Waals surface area contributed by atoms with E-state index in [-0.39, 0.29) is 0 Å². The van der Waals surface area contributed by atoms with E-state index < -0.39 is 0 Å². The minimum Gasteiger partial charge on any atom is -0.497 e. The van der Waals surface area contributed by atoms with Crippen LogP contribution in [0.3, 0.4) is 0 Å². The summed E-state index contributed by atoms with van der Waals surface area (Å²) in [6.07, 6.45) is 4.87. The number of methoxy groups -OCH3 is 1. The third kappa shape index (κ3) is 2.76. The maximum absolute atomic E-state index is 11.8. The number of Topliss-reactive ketones (excluding diaryl/α,β-unsaturated/α-hetero) is 1. The van der Waals surface area contributed by atoms with E-state index in [1.165, 1.54) is 0 Å². The molecule has 1 atom stereocenters. The molecule has 1 aromatic carbocycles. The maximum atomic E-state index is 11.8. The minimum absolute atomic E-state index is 0.305. The van der Waals surface area contributed by atoms with E-state index in [0.717, 1.165) is 29.7 Å². The predicted octanol–water partition coefficient (Wildman–Crippen LogP) is 3.47. The van der Waals surface area contributed by atoms with Gasteiger partial charge in [-0.2, -0.15) is 0 Å². The minimum atomic E-state index is 0.305. The molecule has 0 bridgehead atoms. The number of allylic oxidation sites excluding steroid dienone is 1. The van der Waals surface area contributed by atoms with Gasteiger partial charge < -0.3 is 4.74 Å². The summed E-state index contributed by atoms with van der Waals surface area (Å²) in [7, 11) is 1.65. The fourth-order valence-corrected chi connectivity index (χ4v) is 2.25. The highest BCUT2D eigenvalue weighted by molar-refractivity contribution is 6.00. The normalized spacial score (nSPS) is 22.8. The highest BCUT2D eigenvalue weighted by atomic mass is 16.5. The lowest BCUT2D eigenvalue weighted by molar-refractivity contribution is -0.116. The van der Waals surface area contributed by atoms with E-state index >= 15 is 0 Å². The van der Waals surface area contributed by atoms with E-state index in [4.69, 9.17) is 4.74 Å². The molecule has 1 aliphatic rings. The van der Waals surface area contributed by atoms with Crippen LogP contribution in [-0.4, -0.2) is 12.9 Å². The van der Waals surface area contributed by atoms with Crippen LogP contribution >= 0.6 is 0 Å². The Balaban J connectivity index is 2.24. The van der Waals surface area contributed by atoms with E-state index in [0.29, 0.717) is 18.1 Å². The molecule has 0 aliphatic heterocycles. The molecular weight excluding hydrogens is 212 g/mol. The fraction of sp³-hybridized carbons (Fsp3) is 0.400. The number of ketones is 1. The number of carbonyl (C=O) groups is 1. The molecule has 2 rings (SSSR count). The molecule has 0 N–H and O–H groups in total. The van der Waals surface area contributed by atoms with Crippen LogP contribution in [0.25, 0.3) is 6.08 Å². The average Bonchev–Trinajstić information content (AvgIpc) is 2.35. The standard InChI is InChI=1S/C15H18O2/c1-11-4-3-5-15(16)14(11)10-12-6-8-13(17-2)9-7-12/h6-11H,3-5H2,1-2H3/b14-10-. The van der Waals surface area contributed by atoms with Crippen molar-refractivity contribution >= 4 is 11.9 Å². The third-order valence-corrected chi connectivity index (χ3v) is 3.33. The largest absolute Gasteiger partial charge is 0.497 e. The molecule has 0 saturated heterocycles. The van der Waals surface area contributed by atoms with Crippen molar-refractivity contribution in [2.45, 2.75) is 26.2 Å². The van der Waals surface area contributed by atoms with E-state index in [1.807, 2.05) is 30.3 Å². The fourth-order valence-electron chi connectivity index (χ4n) is 2.25. The Bertz CT molecular complexity index is 429. The lowest BCUT2D eigenvalue weighted by atomic mass is 9.83. The first-order valence-corrected chi connectivity index (χ1v) is 6.09. The van der Waals surface area contributed by atoms with Crippen LogP contribution < -0.4 is 4.74 Å². The van der Waals surface area contributed by atoms with Gasteiger partial charge in [-0.15, -0.1) is 0 Å². The predicted molar refractivity (Wildman–Crippen MR) is 69.0 cm³/mol. The first-order valence-electron chi connectivity index (χ1n) is 6.09. The number of ether oxygens (including phenoxy) is 1. The number of carbonyl (C=O) groups excluding carboxylic acids is 1. The van der Waals surface area contributed by atoms with Crippen molar-refractivity contribution in [1.82, 2.24) is 0 Å². The third-order valence-electron chi connectivity index (χ3n) is 3.33. The SMILES string of the molecule is COc1ccc(/C=C2\C(=O)CCCC2C)cc1. The summed E-state index contributed by atoms with van der Waals surface area (Å²) in [5.41, 5.74) is 2.05. The Morgan fingerprint density at radius 3 is 2.59 bits per heavy atom. The van der Waals surface area contributed by atoms with E-state index in [1.54, 1.807) is 7.11 Å². The molecule has 1 unspecified atom stereocenters. The molecule has 1 saturated carbocycles. The Kier molecular flexibility index (Phi) is 3.62. The van der Waals surface area contributed by atoms with Crippen molar-refractivity contribution in [3.63, 3.8) is 0 Å². The summed E-state index contributed by atoms with van der Waals surface area (Å²) in [6, 6.07) is 7.82. The summed E-state index contributed by atoms with van der Waals surface area (Å²) in [5.74, 6) is 1.54. The van der Waals surface area contributed by atoms with Crippen LogP contribution in [0.1, 0.15) is 31.7 Å². The first kappa shape index (κ1) is 11.9. The van der Waals surface area contributed by atoms with Gasteiger partial charge in [0.05, 0.1) is 7.11 Å². The second-order valence-electron chi connectivity index (χ2n) is 4.59. The van der Waals surface area contributed by atoms with Gasteiger partial charge in [0.15, 0.2) is 5.78 Å². The zero-order valence-corrected chi connectivity index (χ0v) is 10.4. The molecule has 0 heterocycles.